The van der Waals surface area contributed by atoms with Crippen LogP contribution in [0.15, 0.2) is 47.9 Å². The third kappa shape index (κ3) is 4.44. The Kier molecular flexibility index (Phi) is 5.42. The minimum atomic E-state index is -3.95. The third-order valence-electron chi connectivity index (χ3n) is 3.65. The van der Waals surface area contributed by atoms with Crippen LogP contribution in [0.3, 0.4) is 0 Å². The van der Waals surface area contributed by atoms with Gasteiger partial charge in [-0.1, -0.05) is 0 Å². The van der Waals surface area contributed by atoms with Crippen LogP contribution in [0.4, 0.5) is 14.6 Å². The first kappa shape index (κ1) is 18.9. The first-order chi connectivity index (χ1) is 12.9. The second kappa shape index (κ2) is 7.76. The Bertz CT molecular complexity index is 1050. The molecule has 2 heterocycles. The number of sulfonamides is 1. The standard InChI is InChI=1S/C16H16F2N6O2S/c1-11-19-6-7-24(11)16-9-15(21-10-22-16)20-4-5-23-27(25,26)12-2-3-13(17)14(18)8-12/h2-3,6-10,23H,4-5H2,1H3,(H,20,21,22). The Morgan fingerprint density at radius 2 is 1.89 bits per heavy atom. The summed E-state index contributed by atoms with van der Waals surface area (Å²) in [4.78, 5) is 12.0. The van der Waals surface area contributed by atoms with Crippen molar-refractivity contribution in [3.63, 3.8) is 0 Å². The highest BCUT2D eigenvalue weighted by Gasteiger charge is 2.15. The van der Waals surface area contributed by atoms with E-state index in [1.54, 1.807) is 23.0 Å². The van der Waals surface area contributed by atoms with Gasteiger partial charge in [0.1, 0.15) is 23.8 Å². The summed E-state index contributed by atoms with van der Waals surface area (Å²) in [6.45, 7) is 2.08. The zero-order valence-electron chi connectivity index (χ0n) is 14.2. The van der Waals surface area contributed by atoms with Gasteiger partial charge in [-0.05, 0) is 25.1 Å². The van der Waals surface area contributed by atoms with Crippen molar-refractivity contribution in [1.82, 2.24) is 24.2 Å². The van der Waals surface area contributed by atoms with Crippen molar-refractivity contribution in [1.29, 1.82) is 0 Å². The molecule has 2 N–H and O–H groups in total. The number of aryl methyl sites for hydroxylation is 1. The van der Waals surface area contributed by atoms with Gasteiger partial charge in [0, 0.05) is 31.5 Å². The number of hydrogen-bond acceptors (Lipinski definition) is 6. The van der Waals surface area contributed by atoms with Gasteiger partial charge in [-0.2, -0.15) is 0 Å². The summed E-state index contributed by atoms with van der Waals surface area (Å²) in [7, 11) is -3.95. The molecule has 142 valence electrons. The lowest BCUT2D eigenvalue weighted by Gasteiger charge is -2.10. The SMILES string of the molecule is Cc1nccn1-c1cc(NCCNS(=O)(=O)c2ccc(F)c(F)c2)ncn1. The summed E-state index contributed by atoms with van der Waals surface area (Å²) in [6.07, 6.45) is 4.79. The number of nitrogens with one attached hydrogen (secondary N) is 2. The van der Waals surface area contributed by atoms with Gasteiger partial charge in [-0.25, -0.2) is 36.9 Å². The second-order valence-electron chi connectivity index (χ2n) is 5.51. The van der Waals surface area contributed by atoms with Gasteiger partial charge < -0.3 is 5.32 Å². The Morgan fingerprint density at radius 1 is 1.07 bits per heavy atom. The molecule has 0 aliphatic rings. The summed E-state index contributed by atoms with van der Waals surface area (Å²) >= 11 is 0. The summed E-state index contributed by atoms with van der Waals surface area (Å²) in [6, 6.07) is 4.09. The van der Waals surface area contributed by atoms with Crippen LogP contribution in [0.5, 0.6) is 0 Å². The van der Waals surface area contributed by atoms with Crippen molar-refractivity contribution in [2.24, 2.45) is 0 Å². The van der Waals surface area contributed by atoms with E-state index < -0.39 is 21.7 Å². The maximum atomic E-state index is 13.2. The van der Waals surface area contributed by atoms with E-state index in [4.69, 9.17) is 0 Å². The number of rotatable bonds is 7. The topological polar surface area (TPSA) is 102 Å². The van der Waals surface area contributed by atoms with Crippen molar-refractivity contribution in [3.05, 3.63) is 60.4 Å². The molecule has 3 aromatic rings. The van der Waals surface area contributed by atoms with Gasteiger partial charge >= 0.3 is 0 Å². The Labute approximate surface area is 154 Å². The largest absolute Gasteiger partial charge is 0.369 e. The van der Waals surface area contributed by atoms with Crippen LogP contribution in [0.25, 0.3) is 5.82 Å². The summed E-state index contributed by atoms with van der Waals surface area (Å²) in [5.74, 6) is -0.452. The zero-order valence-corrected chi connectivity index (χ0v) is 15.0. The summed E-state index contributed by atoms with van der Waals surface area (Å²) in [5, 5.41) is 2.97. The quantitative estimate of drug-likeness (QED) is 0.591. The lowest BCUT2D eigenvalue weighted by atomic mass is 10.3. The Morgan fingerprint density at radius 3 is 2.59 bits per heavy atom. The van der Waals surface area contributed by atoms with Crippen LogP contribution in [-0.2, 0) is 10.0 Å². The summed E-state index contributed by atoms with van der Waals surface area (Å²) in [5.41, 5.74) is 0. The molecule has 27 heavy (non-hydrogen) atoms. The van der Waals surface area contributed by atoms with E-state index in [9.17, 15) is 17.2 Å². The molecular weight excluding hydrogens is 378 g/mol. The van der Waals surface area contributed by atoms with E-state index in [1.807, 2.05) is 6.92 Å². The molecule has 2 aromatic heterocycles. The highest BCUT2D eigenvalue weighted by molar-refractivity contribution is 7.89. The van der Waals surface area contributed by atoms with Crippen LogP contribution < -0.4 is 10.0 Å². The molecule has 0 aliphatic heterocycles. The molecule has 0 saturated heterocycles. The van der Waals surface area contributed by atoms with Gasteiger partial charge in [0.2, 0.25) is 10.0 Å². The van der Waals surface area contributed by atoms with Crippen LogP contribution in [-0.4, -0.2) is 41.0 Å². The van der Waals surface area contributed by atoms with Gasteiger partial charge in [0.15, 0.2) is 11.6 Å². The molecule has 0 bridgehead atoms. The number of imidazole rings is 1. The van der Waals surface area contributed by atoms with Crippen LogP contribution in [0.1, 0.15) is 5.82 Å². The van der Waals surface area contributed by atoms with E-state index >= 15 is 0 Å². The molecule has 0 atom stereocenters. The van der Waals surface area contributed by atoms with Crippen LogP contribution in [0, 0.1) is 18.6 Å². The lowest BCUT2D eigenvalue weighted by molar-refractivity contribution is 0.504. The maximum absolute atomic E-state index is 13.2. The highest BCUT2D eigenvalue weighted by Crippen LogP contribution is 2.14. The number of benzene rings is 1. The fourth-order valence-electron chi connectivity index (χ4n) is 2.30. The van der Waals surface area contributed by atoms with Crippen molar-refractivity contribution < 1.29 is 17.2 Å². The van der Waals surface area contributed by atoms with Gasteiger partial charge in [-0.15, -0.1) is 0 Å². The number of halogens is 2. The van der Waals surface area contributed by atoms with Crippen LogP contribution >= 0.6 is 0 Å². The predicted octanol–water partition coefficient (Wildman–Crippen LogP) is 1.64. The minimum absolute atomic E-state index is 0.0186. The van der Waals surface area contributed by atoms with E-state index in [0.29, 0.717) is 17.7 Å². The van der Waals surface area contributed by atoms with E-state index in [-0.39, 0.29) is 18.0 Å². The second-order valence-corrected chi connectivity index (χ2v) is 7.27. The fraction of sp³-hybridized carbons (Fsp3) is 0.188. The molecule has 0 amide bonds. The number of aromatic nitrogens is 4. The molecule has 0 aliphatic carbocycles. The maximum Gasteiger partial charge on any atom is 0.240 e. The molecule has 0 fully saturated rings. The minimum Gasteiger partial charge on any atom is -0.369 e. The molecule has 8 nitrogen and oxygen atoms in total. The monoisotopic (exact) mass is 394 g/mol. The molecule has 3 rings (SSSR count). The predicted molar refractivity (Wildman–Crippen MR) is 93.9 cm³/mol. The molecule has 0 unspecified atom stereocenters. The molecular formula is C16H16F2N6O2S. The molecule has 11 heteroatoms. The van der Waals surface area contributed by atoms with E-state index in [1.165, 1.54) is 6.33 Å². The van der Waals surface area contributed by atoms with Gasteiger partial charge in [0.25, 0.3) is 0 Å². The first-order valence-electron chi connectivity index (χ1n) is 7.88. The average molecular weight is 394 g/mol. The number of anilines is 1. The van der Waals surface area contributed by atoms with Gasteiger partial charge in [-0.3, -0.25) is 4.57 Å². The van der Waals surface area contributed by atoms with Crippen molar-refractivity contribution in [3.8, 4) is 5.82 Å². The van der Waals surface area contributed by atoms with Crippen molar-refractivity contribution >= 4 is 15.8 Å². The third-order valence-corrected chi connectivity index (χ3v) is 5.11. The van der Waals surface area contributed by atoms with Crippen molar-refractivity contribution in [2.45, 2.75) is 11.8 Å². The molecule has 1 aromatic carbocycles. The molecule has 0 saturated carbocycles. The Balaban J connectivity index is 1.59. The fourth-order valence-corrected chi connectivity index (χ4v) is 3.34. The average Bonchev–Trinajstić information content (AvgIpc) is 3.07. The van der Waals surface area contributed by atoms with Crippen LogP contribution in [0.2, 0.25) is 0 Å². The van der Waals surface area contributed by atoms with E-state index in [0.717, 1.165) is 18.0 Å². The summed E-state index contributed by atoms with van der Waals surface area (Å²) < 4.78 is 54.4. The smallest absolute Gasteiger partial charge is 0.240 e. The molecule has 0 radical (unpaired) electrons. The van der Waals surface area contributed by atoms with Crippen molar-refractivity contribution in [2.75, 3.05) is 18.4 Å². The number of nitrogens with zero attached hydrogens (tertiary/aromatic N) is 4. The molecule has 0 spiro atoms. The van der Waals surface area contributed by atoms with E-state index in [2.05, 4.69) is 25.0 Å². The lowest BCUT2D eigenvalue weighted by Crippen LogP contribution is -2.29. The number of hydrogen-bond donors (Lipinski definition) is 2. The normalized spacial score (nSPS) is 11.5. The zero-order chi connectivity index (χ0) is 19.4. The Hall–Kier alpha value is -2.92. The van der Waals surface area contributed by atoms with Gasteiger partial charge in [0.05, 0.1) is 4.90 Å². The first-order valence-corrected chi connectivity index (χ1v) is 9.36. The highest BCUT2D eigenvalue weighted by atomic mass is 32.2.